The fourth-order valence-corrected chi connectivity index (χ4v) is 1.77. The maximum absolute atomic E-state index is 12.0. The van der Waals surface area contributed by atoms with E-state index in [2.05, 4.69) is 15.0 Å². The van der Waals surface area contributed by atoms with Gasteiger partial charge in [-0.1, -0.05) is 29.8 Å². The first-order chi connectivity index (χ1) is 9.94. The van der Waals surface area contributed by atoms with Crippen LogP contribution in [0.4, 0.5) is 18.9 Å². The molecule has 2 aromatic rings. The zero-order valence-corrected chi connectivity index (χ0v) is 11.6. The number of nitrogens with zero attached hydrogens (tertiary/aromatic N) is 1. The molecule has 0 saturated heterocycles. The Hall–Kier alpha value is -1.95. The maximum atomic E-state index is 12.0. The van der Waals surface area contributed by atoms with Gasteiger partial charge in [0.1, 0.15) is 0 Å². The summed E-state index contributed by atoms with van der Waals surface area (Å²) < 4.78 is 40.5. The van der Waals surface area contributed by atoms with Crippen LogP contribution < -0.4 is 10.1 Å². The second-order valence-electron chi connectivity index (χ2n) is 4.23. The van der Waals surface area contributed by atoms with Crippen LogP contribution in [0.25, 0.3) is 0 Å². The van der Waals surface area contributed by atoms with E-state index in [-0.39, 0.29) is 5.88 Å². The number of anilines is 1. The highest BCUT2D eigenvalue weighted by atomic mass is 35.5. The predicted octanol–water partition coefficient (Wildman–Crippen LogP) is 4.29. The molecular weight excluding hydrogens is 305 g/mol. The molecule has 0 saturated carbocycles. The molecule has 0 unspecified atom stereocenters. The van der Waals surface area contributed by atoms with Crippen LogP contribution in [0, 0.1) is 0 Å². The fourth-order valence-electron chi connectivity index (χ4n) is 1.57. The lowest BCUT2D eigenvalue weighted by molar-refractivity contribution is -0.154. The average Bonchev–Trinajstić information content (AvgIpc) is 2.45. The quantitative estimate of drug-likeness (QED) is 0.893. The minimum Gasteiger partial charge on any atom is -0.468 e. The summed E-state index contributed by atoms with van der Waals surface area (Å²) in [7, 11) is 0. The van der Waals surface area contributed by atoms with Gasteiger partial charge in [-0.05, 0) is 17.7 Å². The van der Waals surface area contributed by atoms with Gasteiger partial charge < -0.3 is 10.1 Å². The minimum atomic E-state index is -4.37. The zero-order chi connectivity index (χ0) is 15.3. The highest BCUT2D eigenvalue weighted by molar-refractivity contribution is 6.31. The number of alkyl halides is 3. The molecule has 0 bridgehead atoms. The summed E-state index contributed by atoms with van der Waals surface area (Å²) in [4.78, 5) is 3.80. The Balaban J connectivity index is 1.89. The first-order valence-corrected chi connectivity index (χ1v) is 6.45. The first-order valence-electron chi connectivity index (χ1n) is 6.07. The number of aromatic nitrogens is 1. The van der Waals surface area contributed by atoms with Gasteiger partial charge in [-0.3, -0.25) is 0 Å². The van der Waals surface area contributed by atoms with Crippen molar-refractivity contribution in [1.82, 2.24) is 4.98 Å². The van der Waals surface area contributed by atoms with Gasteiger partial charge in [0.15, 0.2) is 6.61 Å². The smallest absolute Gasteiger partial charge is 0.422 e. The molecule has 1 aromatic carbocycles. The van der Waals surface area contributed by atoms with E-state index in [1.54, 1.807) is 12.1 Å². The summed E-state index contributed by atoms with van der Waals surface area (Å²) in [5, 5.41) is 3.72. The molecule has 0 radical (unpaired) electrons. The molecule has 0 atom stereocenters. The van der Waals surface area contributed by atoms with Crippen molar-refractivity contribution >= 4 is 17.3 Å². The second kappa shape index (κ2) is 6.67. The Bertz CT molecular complexity index is 588. The van der Waals surface area contributed by atoms with Crippen molar-refractivity contribution in [3.63, 3.8) is 0 Å². The van der Waals surface area contributed by atoms with Gasteiger partial charge in [0, 0.05) is 17.6 Å². The molecule has 0 fully saturated rings. The third-order valence-corrected chi connectivity index (χ3v) is 2.93. The van der Waals surface area contributed by atoms with E-state index in [0.717, 1.165) is 5.56 Å². The van der Waals surface area contributed by atoms with Crippen molar-refractivity contribution in [2.45, 2.75) is 12.7 Å². The lowest BCUT2D eigenvalue weighted by Crippen LogP contribution is -2.19. The number of nitrogens with one attached hydrogen (secondary N) is 1. The molecule has 0 aliphatic carbocycles. The van der Waals surface area contributed by atoms with E-state index in [4.69, 9.17) is 11.6 Å². The van der Waals surface area contributed by atoms with E-state index in [0.29, 0.717) is 17.3 Å². The average molecular weight is 317 g/mol. The largest absolute Gasteiger partial charge is 0.468 e. The molecule has 112 valence electrons. The van der Waals surface area contributed by atoms with Crippen LogP contribution >= 0.6 is 11.6 Å². The summed E-state index contributed by atoms with van der Waals surface area (Å²) in [5.41, 5.74) is 1.57. The third kappa shape index (κ3) is 5.15. The normalized spacial score (nSPS) is 11.2. The number of hydrogen-bond acceptors (Lipinski definition) is 3. The molecule has 3 nitrogen and oxygen atoms in total. The number of ether oxygens (including phenoxy) is 1. The Labute approximate surface area is 124 Å². The van der Waals surface area contributed by atoms with Crippen LogP contribution in [-0.2, 0) is 6.54 Å². The number of hydrogen-bond donors (Lipinski definition) is 1. The number of benzene rings is 1. The molecule has 7 heteroatoms. The van der Waals surface area contributed by atoms with Gasteiger partial charge in [-0.15, -0.1) is 0 Å². The molecular formula is C14H12ClF3N2O. The Morgan fingerprint density at radius 2 is 1.90 bits per heavy atom. The standard InChI is InChI=1S/C14H12ClF3N2O/c15-12-4-2-1-3-10(12)7-19-11-5-6-13(20-8-11)21-9-14(16,17)18/h1-6,8,19H,7,9H2. The molecule has 0 aliphatic heterocycles. The lowest BCUT2D eigenvalue weighted by atomic mass is 10.2. The highest BCUT2D eigenvalue weighted by Gasteiger charge is 2.28. The van der Waals surface area contributed by atoms with Gasteiger partial charge in [0.25, 0.3) is 0 Å². The van der Waals surface area contributed by atoms with Crippen LogP contribution in [-0.4, -0.2) is 17.8 Å². The SMILES string of the molecule is FC(F)(F)COc1ccc(NCc2ccccc2Cl)cn1. The molecule has 2 rings (SSSR count). The Morgan fingerprint density at radius 1 is 1.14 bits per heavy atom. The van der Waals surface area contributed by atoms with Gasteiger partial charge >= 0.3 is 6.18 Å². The van der Waals surface area contributed by atoms with E-state index in [1.165, 1.54) is 12.3 Å². The summed E-state index contributed by atoms with van der Waals surface area (Å²) in [5.74, 6) is -0.0735. The van der Waals surface area contributed by atoms with E-state index >= 15 is 0 Å². The molecule has 21 heavy (non-hydrogen) atoms. The molecule has 0 aliphatic rings. The monoisotopic (exact) mass is 316 g/mol. The van der Waals surface area contributed by atoms with Crippen molar-refractivity contribution in [1.29, 1.82) is 0 Å². The minimum absolute atomic E-state index is 0.0735. The zero-order valence-electron chi connectivity index (χ0n) is 10.8. The van der Waals surface area contributed by atoms with Crippen molar-refractivity contribution < 1.29 is 17.9 Å². The number of halogens is 4. The summed E-state index contributed by atoms with van der Waals surface area (Å²) in [6, 6.07) is 10.3. The Kier molecular flexibility index (Phi) is 4.90. The van der Waals surface area contributed by atoms with Gasteiger partial charge in [0.05, 0.1) is 11.9 Å². The van der Waals surface area contributed by atoms with Crippen LogP contribution in [0.3, 0.4) is 0 Å². The topological polar surface area (TPSA) is 34.1 Å². The van der Waals surface area contributed by atoms with Gasteiger partial charge in [-0.2, -0.15) is 13.2 Å². The van der Waals surface area contributed by atoms with Crippen molar-refractivity contribution in [2.75, 3.05) is 11.9 Å². The highest BCUT2D eigenvalue weighted by Crippen LogP contribution is 2.19. The van der Waals surface area contributed by atoms with Gasteiger partial charge in [0.2, 0.25) is 5.88 Å². The van der Waals surface area contributed by atoms with Gasteiger partial charge in [-0.25, -0.2) is 4.98 Å². The molecule has 1 aromatic heterocycles. The van der Waals surface area contributed by atoms with E-state index in [9.17, 15) is 13.2 Å². The molecule has 1 N–H and O–H groups in total. The summed E-state index contributed by atoms with van der Waals surface area (Å²) in [6.07, 6.45) is -2.97. The second-order valence-corrected chi connectivity index (χ2v) is 4.64. The maximum Gasteiger partial charge on any atom is 0.422 e. The first kappa shape index (κ1) is 15.4. The van der Waals surface area contributed by atoms with E-state index in [1.807, 2.05) is 18.2 Å². The predicted molar refractivity (Wildman–Crippen MR) is 74.6 cm³/mol. The van der Waals surface area contributed by atoms with E-state index < -0.39 is 12.8 Å². The molecule has 0 spiro atoms. The Morgan fingerprint density at radius 3 is 2.52 bits per heavy atom. The van der Waals surface area contributed by atoms with Crippen LogP contribution in [0.5, 0.6) is 5.88 Å². The number of pyridine rings is 1. The van der Waals surface area contributed by atoms with Crippen molar-refractivity contribution in [2.24, 2.45) is 0 Å². The summed E-state index contributed by atoms with van der Waals surface area (Å²) >= 11 is 6.02. The molecule has 1 heterocycles. The van der Waals surface area contributed by atoms with Crippen LogP contribution in [0.1, 0.15) is 5.56 Å². The molecule has 0 amide bonds. The lowest BCUT2D eigenvalue weighted by Gasteiger charge is -2.10. The fraction of sp³-hybridized carbons (Fsp3) is 0.214. The third-order valence-electron chi connectivity index (χ3n) is 2.56. The van der Waals surface area contributed by atoms with Crippen LogP contribution in [0.2, 0.25) is 5.02 Å². The van der Waals surface area contributed by atoms with Crippen molar-refractivity contribution in [3.8, 4) is 5.88 Å². The van der Waals surface area contributed by atoms with Crippen molar-refractivity contribution in [3.05, 3.63) is 53.2 Å². The summed E-state index contributed by atoms with van der Waals surface area (Å²) in [6.45, 7) is -0.865. The number of rotatable bonds is 5. The van der Waals surface area contributed by atoms with Crippen LogP contribution in [0.15, 0.2) is 42.6 Å².